The van der Waals surface area contributed by atoms with Crippen LogP contribution in [0.4, 0.5) is 0 Å². The quantitative estimate of drug-likeness (QED) is 0.201. The second-order valence-electron chi connectivity index (χ2n) is 9.06. The van der Waals surface area contributed by atoms with E-state index in [4.69, 9.17) is 4.43 Å². The summed E-state index contributed by atoms with van der Waals surface area (Å²) in [7, 11) is -2.45. The molecule has 2 radical (unpaired) electrons. The van der Waals surface area contributed by atoms with Crippen LogP contribution in [0, 0.1) is 11.8 Å². The second-order valence-corrected chi connectivity index (χ2v) is 25.9. The fourth-order valence-electron chi connectivity index (χ4n) is 2.48. The van der Waals surface area contributed by atoms with E-state index in [1.54, 1.807) is 0 Å². The first-order valence-corrected chi connectivity index (χ1v) is 25.5. The van der Waals surface area contributed by atoms with Gasteiger partial charge in [-0.2, -0.15) is 0 Å². The van der Waals surface area contributed by atoms with Crippen LogP contribution in [0.2, 0.25) is 40.5 Å². The van der Waals surface area contributed by atoms with Gasteiger partial charge in [-0.15, -0.1) is 5.92 Å². The Balaban J connectivity index is 0.00000103. The van der Waals surface area contributed by atoms with Crippen molar-refractivity contribution in [2.24, 2.45) is 0 Å². The second kappa shape index (κ2) is 15.5. The van der Waals surface area contributed by atoms with E-state index in [9.17, 15) is 0 Å². The van der Waals surface area contributed by atoms with Gasteiger partial charge in [-0.3, -0.25) is 0 Å². The zero-order valence-electron chi connectivity index (χ0n) is 19.5. The molecule has 30 heavy (non-hydrogen) atoms. The van der Waals surface area contributed by atoms with Gasteiger partial charge in [-0.25, -0.2) is 0 Å². The normalized spacial score (nSPS) is 12.0. The molecule has 0 aliphatic heterocycles. The third-order valence-corrected chi connectivity index (χ3v) is 7.85. The third-order valence-electron chi connectivity index (χ3n) is 3.81. The van der Waals surface area contributed by atoms with E-state index < -0.39 is 36.9 Å². The minimum absolute atomic E-state index is 0.00167. The molecule has 0 aromatic heterocycles. The summed E-state index contributed by atoms with van der Waals surface area (Å²) in [4.78, 5) is 7.09. The van der Waals surface area contributed by atoms with Crippen molar-refractivity contribution in [2.45, 2.75) is 59.4 Å². The van der Waals surface area contributed by atoms with Crippen molar-refractivity contribution in [3.63, 3.8) is 0 Å². The van der Waals surface area contributed by atoms with Gasteiger partial charge in [0.05, 0.1) is 8.07 Å². The zero-order chi connectivity index (χ0) is 22.4. The van der Waals surface area contributed by atoms with Crippen LogP contribution in [0.1, 0.15) is 12.8 Å². The van der Waals surface area contributed by atoms with Gasteiger partial charge in [0.25, 0.3) is 9.04 Å². The Labute approximate surface area is 203 Å². The number of hydrogen-bond donors (Lipinski definition) is 0. The summed E-state index contributed by atoms with van der Waals surface area (Å²) in [5.41, 5.74) is 0. The van der Waals surface area contributed by atoms with Gasteiger partial charge in [0.15, 0.2) is 0 Å². The van der Waals surface area contributed by atoms with Crippen LogP contribution < -0.4 is 10.4 Å². The van der Waals surface area contributed by atoms with E-state index in [1.807, 2.05) is 0 Å². The molecule has 1 atom stereocenters. The first-order chi connectivity index (χ1) is 14.2. The van der Waals surface area contributed by atoms with Crippen molar-refractivity contribution in [1.29, 1.82) is 0 Å². The standard InChI is InChI=1S/C22H28BrOSi2.3CH3.Sn/c1-26(2,3)19-11-13-20(12-10-18-23)24-25(21-14-6-4-7-15-21)22-16-8-5-9-17-22;;;;/h4-9,14-17,20H,10,12,18-19H2,1-3H3;3*1H3;. The molecule has 0 aliphatic carbocycles. The SMILES string of the molecule is C[Si](C)(C)CC#CC(CCCBr)O[Si](c1ccccc1)c1ccccc1.[CH3][Sn]([CH3])[CH3]. The van der Waals surface area contributed by atoms with E-state index in [0.29, 0.717) is 0 Å². The first kappa shape index (κ1) is 27.7. The molecule has 0 spiro atoms. The molecule has 0 N–H and O–H groups in total. The molecule has 162 valence electrons. The van der Waals surface area contributed by atoms with Crippen LogP contribution in [-0.4, -0.2) is 48.3 Å². The van der Waals surface area contributed by atoms with Gasteiger partial charge in [-0.05, 0) is 23.2 Å². The van der Waals surface area contributed by atoms with Gasteiger partial charge >= 0.3 is 34.6 Å². The predicted molar refractivity (Wildman–Crippen MR) is 145 cm³/mol. The van der Waals surface area contributed by atoms with Gasteiger partial charge in [-0.1, -0.05) is 102 Å². The molecule has 0 saturated carbocycles. The average Bonchev–Trinajstić information content (AvgIpc) is 2.69. The number of hydrogen-bond acceptors (Lipinski definition) is 1. The van der Waals surface area contributed by atoms with Crippen LogP contribution in [0.3, 0.4) is 0 Å². The zero-order valence-corrected chi connectivity index (χ0v) is 25.9. The van der Waals surface area contributed by atoms with Crippen molar-refractivity contribution >= 4 is 63.2 Å². The van der Waals surface area contributed by atoms with E-state index in [1.165, 1.54) is 10.4 Å². The van der Waals surface area contributed by atoms with Gasteiger partial charge < -0.3 is 4.43 Å². The van der Waals surface area contributed by atoms with Crippen LogP contribution in [0.15, 0.2) is 60.7 Å². The summed E-state index contributed by atoms with van der Waals surface area (Å²) in [5, 5.41) is 3.54. The Morgan fingerprint density at radius 1 is 0.933 bits per heavy atom. The summed E-state index contributed by atoms with van der Waals surface area (Å²) in [6.07, 6.45) is 2.04. The van der Waals surface area contributed by atoms with E-state index >= 15 is 0 Å². The Bertz CT molecular complexity index is 709. The molecule has 2 rings (SSSR count). The number of benzene rings is 2. The molecule has 5 heteroatoms. The Morgan fingerprint density at radius 3 is 1.80 bits per heavy atom. The third kappa shape index (κ3) is 13.2. The monoisotopic (exact) mass is 608 g/mol. The predicted octanol–water partition coefficient (Wildman–Crippen LogP) is 6.06. The van der Waals surface area contributed by atoms with Crippen LogP contribution >= 0.6 is 15.9 Å². The maximum atomic E-state index is 6.66. The molecule has 2 aromatic carbocycles. The van der Waals surface area contributed by atoms with Crippen LogP contribution in [0.25, 0.3) is 0 Å². The Kier molecular flexibility index (Phi) is 14.3. The van der Waals surface area contributed by atoms with Gasteiger partial charge in [0.1, 0.15) is 6.10 Å². The minimum atomic E-state index is -1.30. The molecule has 0 fully saturated rings. The molecule has 0 heterocycles. The van der Waals surface area contributed by atoms with Gasteiger partial charge in [0, 0.05) is 11.4 Å². The van der Waals surface area contributed by atoms with E-state index in [-0.39, 0.29) is 6.10 Å². The first-order valence-electron chi connectivity index (χ1n) is 10.7. The fraction of sp³-hybridized carbons (Fsp3) is 0.440. The van der Waals surface area contributed by atoms with Gasteiger partial charge in [0.2, 0.25) is 0 Å². The summed E-state index contributed by atoms with van der Waals surface area (Å²) in [6.45, 7) is 7.08. The molecular weight excluding hydrogens is 571 g/mol. The van der Waals surface area contributed by atoms with Crippen LogP contribution in [-0.2, 0) is 4.43 Å². The molecule has 1 unspecified atom stereocenters. The van der Waals surface area contributed by atoms with Crippen LogP contribution in [0.5, 0.6) is 0 Å². The summed E-state index contributed by atoms with van der Waals surface area (Å²) < 4.78 is 6.66. The molecule has 1 nitrogen and oxygen atoms in total. The molecule has 2 aromatic rings. The molecule has 0 amide bonds. The topological polar surface area (TPSA) is 9.23 Å². The Morgan fingerprint density at radius 2 is 1.40 bits per heavy atom. The van der Waals surface area contributed by atoms with E-state index in [2.05, 4.69) is 123 Å². The summed E-state index contributed by atoms with van der Waals surface area (Å²) in [6, 6.07) is 22.2. The van der Waals surface area contributed by atoms with Crippen molar-refractivity contribution in [3.8, 4) is 11.8 Å². The fourth-order valence-corrected chi connectivity index (χ4v) is 5.49. The molecular formula is C25H37BrOSi2Sn. The summed E-state index contributed by atoms with van der Waals surface area (Å²) in [5.74, 6) is 6.88. The van der Waals surface area contributed by atoms with Crippen molar-refractivity contribution in [3.05, 3.63) is 60.7 Å². The molecule has 0 saturated heterocycles. The number of alkyl halides is 1. The average molecular weight is 608 g/mol. The maximum absolute atomic E-state index is 6.66. The van der Waals surface area contributed by atoms with Crippen molar-refractivity contribution < 1.29 is 4.43 Å². The van der Waals surface area contributed by atoms with Crippen molar-refractivity contribution in [2.75, 3.05) is 5.33 Å². The summed E-state index contributed by atoms with van der Waals surface area (Å²) >= 11 is 3.00. The van der Waals surface area contributed by atoms with E-state index in [0.717, 1.165) is 24.2 Å². The Hall–Kier alpha value is -0.328. The number of rotatable bonds is 8. The number of halogens is 1. The molecule has 0 bridgehead atoms. The van der Waals surface area contributed by atoms with Crippen molar-refractivity contribution in [1.82, 2.24) is 0 Å². The molecule has 0 aliphatic rings.